The Morgan fingerprint density at radius 2 is 1.88 bits per heavy atom. The van der Waals surface area contributed by atoms with Gasteiger partial charge in [0, 0.05) is 25.9 Å². The maximum atomic E-state index is 12.0. The number of pyridine rings is 1. The SMILES string of the molecule is CN(C)C(=O)c1ccn[c]c1-c1ccccc1. The predicted octanol–water partition coefficient (Wildman–Crippen LogP) is 2.25. The fraction of sp³-hybridized carbons (Fsp3) is 0.143. The maximum Gasteiger partial charge on any atom is 0.254 e. The summed E-state index contributed by atoms with van der Waals surface area (Å²) in [5.41, 5.74) is 2.31. The molecule has 0 fully saturated rings. The Morgan fingerprint density at radius 3 is 2.53 bits per heavy atom. The first-order valence-electron chi connectivity index (χ1n) is 5.34. The van der Waals surface area contributed by atoms with Crippen molar-refractivity contribution in [3.63, 3.8) is 0 Å². The van der Waals surface area contributed by atoms with Crippen molar-refractivity contribution in [1.29, 1.82) is 0 Å². The van der Waals surface area contributed by atoms with E-state index in [9.17, 15) is 4.79 Å². The van der Waals surface area contributed by atoms with Gasteiger partial charge in [0.2, 0.25) is 0 Å². The third-order valence-electron chi connectivity index (χ3n) is 2.46. The number of rotatable bonds is 2. The molecule has 2 aromatic rings. The summed E-state index contributed by atoms with van der Waals surface area (Å²) < 4.78 is 0. The summed E-state index contributed by atoms with van der Waals surface area (Å²) in [5, 5.41) is 0. The summed E-state index contributed by atoms with van der Waals surface area (Å²) in [6.45, 7) is 0. The van der Waals surface area contributed by atoms with E-state index in [1.807, 2.05) is 30.3 Å². The third-order valence-corrected chi connectivity index (χ3v) is 2.46. The van der Waals surface area contributed by atoms with Gasteiger partial charge in [0.05, 0.1) is 11.8 Å². The van der Waals surface area contributed by atoms with E-state index < -0.39 is 0 Å². The van der Waals surface area contributed by atoms with Gasteiger partial charge in [-0.3, -0.25) is 9.78 Å². The Bertz CT molecular complexity index is 521. The zero-order chi connectivity index (χ0) is 12.3. The molecule has 1 amide bonds. The molecule has 1 radical (unpaired) electrons. The van der Waals surface area contributed by atoms with E-state index in [2.05, 4.69) is 11.2 Å². The topological polar surface area (TPSA) is 33.2 Å². The summed E-state index contributed by atoms with van der Waals surface area (Å²) in [7, 11) is 3.47. The molecule has 3 heteroatoms. The van der Waals surface area contributed by atoms with Gasteiger partial charge < -0.3 is 4.90 Å². The van der Waals surface area contributed by atoms with Crippen LogP contribution in [0.25, 0.3) is 11.1 Å². The van der Waals surface area contributed by atoms with Crippen molar-refractivity contribution in [3.05, 3.63) is 54.4 Å². The summed E-state index contributed by atoms with van der Waals surface area (Å²) in [6, 6.07) is 11.4. The third kappa shape index (κ3) is 2.33. The Hall–Kier alpha value is -2.16. The van der Waals surface area contributed by atoms with Crippen LogP contribution in [0.1, 0.15) is 10.4 Å². The average molecular weight is 225 g/mol. The number of amides is 1. The molecule has 1 aromatic heterocycles. The zero-order valence-electron chi connectivity index (χ0n) is 9.84. The van der Waals surface area contributed by atoms with Crippen LogP contribution in [-0.4, -0.2) is 29.9 Å². The molecule has 0 saturated heterocycles. The normalized spacial score (nSPS) is 10.0. The lowest BCUT2D eigenvalue weighted by molar-refractivity contribution is 0.0828. The molecule has 0 aliphatic rings. The molecular formula is C14H13N2O. The molecular weight excluding hydrogens is 212 g/mol. The van der Waals surface area contributed by atoms with Crippen LogP contribution in [-0.2, 0) is 0 Å². The maximum absolute atomic E-state index is 12.0. The van der Waals surface area contributed by atoms with Crippen LogP contribution in [0.3, 0.4) is 0 Å². The first kappa shape index (κ1) is 11.3. The number of carbonyl (C=O) groups excluding carboxylic acids is 1. The van der Waals surface area contributed by atoms with Gasteiger partial charge in [0.1, 0.15) is 0 Å². The Labute approximate surface area is 101 Å². The van der Waals surface area contributed by atoms with E-state index in [1.54, 1.807) is 31.3 Å². The number of benzene rings is 1. The van der Waals surface area contributed by atoms with Gasteiger partial charge in [-0.15, -0.1) is 0 Å². The molecule has 0 N–H and O–H groups in total. The number of hydrogen-bond donors (Lipinski definition) is 0. The van der Waals surface area contributed by atoms with Gasteiger partial charge in [-0.05, 0) is 11.6 Å². The predicted molar refractivity (Wildman–Crippen MR) is 66.5 cm³/mol. The highest BCUT2D eigenvalue weighted by atomic mass is 16.2. The van der Waals surface area contributed by atoms with E-state index in [0.29, 0.717) is 5.56 Å². The van der Waals surface area contributed by atoms with Crippen LogP contribution < -0.4 is 0 Å². The molecule has 0 saturated carbocycles. The van der Waals surface area contributed by atoms with Gasteiger partial charge in [0.25, 0.3) is 5.91 Å². The monoisotopic (exact) mass is 225 g/mol. The van der Waals surface area contributed by atoms with E-state index >= 15 is 0 Å². The number of nitrogens with zero attached hydrogens (tertiary/aromatic N) is 2. The largest absolute Gasteiger partial charge is 0.345 e. The van der Waals surface area contributed by atoms with E-state index in [1.165, 1.54) is 0 Å². The van der Waals surface area contributed by atoms with Crippen molar-refractivity contribution < 1.29 is 4.79 Å². The quantitative estimate of drug-likeness (QED) is 0.785. The van der Waals surface area contributed by atoms with Gasteiger partial charge in [0.15, 0.2) is 0 Å². The molecule has 1 aromatic carbocycles. The summed E-state index contributed by atoms with van der Waals surface area (Å²) in [4.78, 5) is 17.5. The molecule has 0 atom stereocenters. The second-order valence-corrected chi connectivity index (χ2v) is 3.91. The van der Waals surface area contributed by atoms with Gasteiger partial charge >= 0.3 is 0 Å². The second-order valence-electron chi connectivity index (χ2n) is 3.91. The number of aromatic nitrogens is 1. The first-order valence-corrected chi connectivity index (χ1v) is 5.34. The molecule has 17 heavy (non-hydrogen) atoms. The molecule has 1 heterocycles. The summed E-state index contributed by atoms with van der Waals surface area (Å²) in [5.74, 6) is -0.0393. The Balaban J connectivity index is 2.52. The molecule has 0 spiro atoms. The minimum Gasteiger partial charge on any atom is -0.345 e. The van der Waals surface area contributed by atoms with Gasteiger partial charge in [-0.25, -0.2) is 0 Å². The molecule has 2 rings (SSSR count). The Kier molecular flexibility index (Phi) is 3.19. The lowest BCUT2D eigenvalue weighted by Gasteiger charge is -2.13. The van der Waals surface area contributed by atoms with Crippen LogP contribution in [0.4, 0.5) is 0 Å². The van der Waals surface area contributed by atoms with Crippen molar-refractivity contribution >= 4 is 5.91 Å². The molecule has 0 aliphatic heterocycles. The van der Waals surface area contributed by atoms with Crippen molar-refractivity contribution in [3.8, 4) is 11.1 Å². The lowest BCUT2D eigenvalue weighted by Crippen LogP contribution is -2.22. The summed E-state index contributed by atoms with van der Waals surface area (Å²) in [6.07, 6.45) is 4.48. The highest BCUT2D eigenvalue weighted by Gasteiger charge is 2.14. The molecule has 0 unspecified atom stereocenters. The first-order chi connectivity index (χ1) is 8.20. The standard InChI is InChI=1S/C14H13N2O/c1-16(2)14(17)12-8-9-15-10-13(12)11-6-4-3-5-7-11/h3-9H,1-2H3. The van der Waals surface area contributed by atoms with Gasteiger partial charge in [-0.2, -0.15) is 0 Å². The van der Waals surface area contributed by atoms with Crippen molar-refractivity contribution in [2.24, 2.45) is 0 Å². The van der Waals surface area contributed by atoms with Crippen molar-refractivity contribution in [1.82, 2.24) is 9.88 Å². The fourth-order valence-electron chi connectivity index (χ4n) is 1.60. The Morgan fingerprint density at radius 1 is 1.18 bits per heavy atom. The minimum atomic E-state index is -0.0393. The van der Waals surface area contributed by atoms with E-state index in [4.69, 9.17) is 0 Å². The molecule has 85 valence electrons. The second kappa shape index (κ2) is 4.78. The van der Waals surface area contributed by atoms with Crippen LogP contribution in [0.2, 0.25) is 0 Å². The van der Waals surface area contributed by atoms with Crippen LogP contribution >= 0.6 is 0 Å². The summed E-state index contributed by atoms with van der Waals surface area (Å²) >= 11 is 0. The van der Waals surface area contributed by atoms with E-state index in [0.717, 1.165) is 11.1 Å². The van der Waals surface area contributed by atoms with Crippen LogP contribution in [0, 0.1) is 6.20 Å². The molecule has 3 nitrogen and oxygen atoms in total. The van der Waals surface area contributed by atoms with Gasteiger partial charge in [-0.1, -0.05) is 30.3 Å². The fourth-order valence-corrected chi connectivity index (χ4v) is 1.60. The highest BCUT2D eigenvalue weighted by Crippen LogP contribution is 2.22. The smallest absolute Gasteiger partial charge is 0.254 e. The number of carbonyl (C=O) groups is 1. The highest BCUT2D eigenvalue weighted by molar-refractivity contribution is 6.00. The lowest BCUT2D eigenvalue weighted by atomic mass is 10.0. The minimum absolute atomic E-state index is 0.0393. The van der Waals surface area contributed by atoms with Crippen LogP contribution in [0.15, 0.2) is 42.6 Å². The van der Waals surface area contributed by atoms with Crippen LogP contribution in [0.5, 0.6) is 0 Å². The van der Waals surface area contributed by atoms with Crippen molar-refractivity contribution in [2.75, 3.05) is 14.1 Å². The molecule has 0 bridgehead atoms. The zero-order valence-corrected chi connectivity index (χ0v) is 9.84. The number of hydrogen-bond acceptors (Lipinski definition) is 2. The molecule has 0 aliphatic carbocycles. The average Bonchev–Trinajstić information content (AvgIpc) is 2.39. The van der Waals surface area contributed by atoms with E-state index in [-0.39, 0.29) is 5.91 Å². The van der Waals surface area contributed by atoms with Crippen molar-refractivity contribution in [2.45, 2.75) is 0 Å².